The zero-order chi connectivity index (χ0) is 29.7. The van der Waals surface area contributed by atoms with Crippen LogP contribution in [-0.2, 0) is 16.1 Å². The molecule has 1 N–H and O–H groups in total. The van der Waals surface area contributed by atoms with Gasteiger partial charge in [0.15, 0.2) is 0 Å². The summed E-state index contributed by atoms with van der Waals surface area (Å²) in [4.78, 5) is 42.3. The van der Waals surface area contributed by atoms with Crippen LogP contribution in [0.3, 0.4) is 0 Å². The van der Waals surface area contributed by atoms with Crippen molar-refractivity contribution in [3.8, 4) is 11.1 Å². The predicted molar refractivity (Wildman–Crippen MR) is 164 cm³/mol. The fraction of sp³-hybridized carbons (Fsp3) is 0.629. The topological polar surface area (TPSA) is 88.8 Å². The smallest absolute Gasteiger partial charge is 0.340 e. The van der Waals surface area contributed by atoms with E-state index in [9.17, 15) is 19.5 Å². The molecule has 3 aliphatic rings. The van der Waals surface area contributed by atoms with E-state index in [0.29, 0.717) is 36.6 Å². The van der Waals surface area contributed by atoms with Gasteiger partial charge in [-0.15, -0.1) is 0 Å². The van der Waals surface area contributed by atoms with Crippen LogP contribution in [-0.4, -0.2) is 51.7 Å². The van der Waals surface area contributed by atoms with Crippen LogP contribution >= 0.6 is 0 Å². The van der Waals surface area contributed by atoms with Gasteiger partial charge in [0.25, 0.3) is 5.56 Å². The van der Waals surface area contributed by atoms with E-state index >= 15 is 0 Å². The van der Waals surface area contributed by atoms with Crippen molar-refractivity contribution in [3.63, 3.8) is 0 Å². The van der Waals surface area contributed by atoms with Gasteiger partial charge < -0.3 is 19.3 Å². The Hall–Kier alpha value is -2.93. The summed E-state index contributed by atoms with van der Waals surface area (Å²) >= 11 is 0. The lowest BCUT2D eigenvalue weighted by molar-refractivity contribution is -0.173. The van der Waals surface area contributed by atoms with Crippen LogP contribution in [0.4, 0.5) is 0 Å². The van der Waals surface area contributed by atoms with Crippen molar-refractivity contribution in [1.29, 1.82) is 0 Å². The highest BCUT2D eigenvalue weighted by molar-refractivity contribution is 5.96. The van der Waals surface area contributed by atoms with Gasteiger partial charge in [0.1, 0.15) is 0 Å². The summed E-state index contributed by atoms with van der Waals surface area (Å²) in [5.74, 6) is 0.348. The minimum Gasteiger partial charge on any atom is -0.462 e. The molecule has 1 aromatic heterocycles. The van der Waals surface area contributed by atoms with Gasteiger partial charge in [-0.3, -0.25) is 9.59 Å². The van der Waals surface area contributed by atoms with Crippen LogP contribution in [0.1, 0.15) is 101 Å². The van der Waals surface area contributed by atoms with Crippen molar-refractivity contribution in [2.45, 2.75) is 103 Å². The molecule has 2 saturated carbocycles. The first-order valence-corrected chi connectivity index (χ1v) is 16.2. The molecule has 1 aliphatic heterocycles. The number of hydrogen-bond donors (Lipinski definition) is 1. The van der Waals surface area contributed by atoms with Gasteiger partial charge in [0, 0.05) is 42.2 Å². The Kier molecular flexibility index (Phi) is 9.56. The van der Waals surface area contributed by atoms with Gasteiger partial charge in [-0.1, -0.05) is 88.6 Å². The van der Waals surface area contributed by atoms with E-state index in [-0.39, 0.29) is 30.5 Å². The van der Waals surface area contributed by atoms with Crippen molar-refractivity contribution in [1.82, 2.24) is 9.47 Å². The van der Waals surface area contributed by atoms with Crippen LogP contribution in [0.2, 0.25) is 0 Å². The van der Waals surface area contributed by atoms with Crippen molar-refractivity contribution < 1.29 is 19.4 Å². The molecule has 1 amide bonds. The number of rotatable bonds is 8. The summed E-state index contributed by atoms with van der Waals surface area (Å²) in [6.07, 6.45) is 14.0. The first-order valence-electron chi connectivity index (χ1n) is 16.2. The number of aromatic nitrogens is 1. The van der Waals surface area contributed by atoms with Crippen molar-refractivity contribution >= 4 is 11.9 Å². The fourth-order valence-corrected chi connectivity index (χ4v) is 8.01. The summed E-state index contributed by atoms with van der Waals surface area (Å²) < 4.78 is 6.86. The number of pyridine rings is 1. The first-order chi connectivity index (χ1) is 20.2. The number of piperidine rings is 1. The number of hydrogen-bond acceptors (Lipinski definition) is 5. The van der Waals surface area contributed by atoms with Crippen LogP contribution < -0.4 is 5.56 Å². The Morgan fingerprint density at radius 3 is 2.40 bits per heavy atom. The van der Waals surface area contributed by atoms with E-state index in [0.717, 1.165) is 44.1 Å². The van der Waals surface area contributed by atoms with Crippen molar-refractivity contribution in [2.24, 2.45) is 17.3 Å². The summed E-state index contributed by atoms with van der Waals surface area (Å²) in [5.41, 5.74) is -0.302. The maximum absolute atomic E-state index is 13.7. The van der Waals surface area contributed by atoms with Gasteiger partial charge in [-0.05, 0) is 44.1 Å². The number of likely N-dealkylation sites (tertiary alicyclic amines) is 1. The summed E-state index contributed by atoms with van der Waals surface area (Å²) in [6.45, 7) is 5.16. The average molecular weight is 577 g/mol. The molecule has 0 radical (unpaired) electrons. The Morgan fingerprint density at radius 1 is 1.02 bits per heavy atom. The third-order valence-corrected chi connectivity index (χ3v) is 10.4. The molecule has 7 heteroatoms. The molecular weight excluding hydrogens is 528 g/mol. The van der Waals surface area contributed by atoms with E-state index in [4.69, 9.17) is 4.74 Å². The Bertz CT molecular complexity index is 1290. The minimum atomic E-state index is -1.17. The third-order valence-electron chi connectivity index (χ3n) is 10.4. The molecule has 0 bridgehead atoms. The number of esters is 1. The second kappa shape index (κ2) is 13.2. The number of aliphatic hydroxyl groups is 1. The van der Waals surface area contributed by atoms with Crippen LogP contribution in [0.25, 0.3) is 11.1 Å². The fourth-order valence-electron chi connectivity index (χ4n) is 8.01. The third kappa shape index (κ3) is 6.36. The highest BCUT2D eigenvalue weighted by Gasteiger charge is 2.55. The van der Waals surface area contributed by atoms with E-state index in [1.54, 1.807) is 13.1 Å². The average Bonchev–Trinajstić information content (AvgIpc) is 3.00. The summed E-state index contributed by atoms with van der Waals surface area (Å²) in [7, 11) is 0. The quantitative estimate of drug-likeness (QED) is 0.378. The number of carbonyl (C=O) groups is 2. The lowest BCUT2D eigenvalue weighted by atomic mass is 9.59. The monoisotopic (exact) mass is 576 g/mol. The molecule has 7 nitrogen and oxygen atoms in total. The lowest BCUT2D eigenvalue weighted by Crippen LogP contribution is -2.64. The van der Waals surface area contributed by atoms with Gasteiger partial charge in [-0.25, -0.2) is 4.79 Å². The second-order valence-electron chi connectivity index (χ2n) is 13.2. The van der Waals surface area contributed by atoms with Gasteiger partial charge in [0.05, 0.1) is 24.3 Å². The zero-order valence-electron chi connectivity index (χ0n) is 25.5. The molecule has 2 atom stereocenters. The Balaban J connectivity index is 1.41. The Labute approximate surface area is 250 Å². The van der Waals surface area contributed by atoms with Gasteiger partial charge >= 0.3 is 5.97 Å². The van der Waals surface area contributed by atoms with E-state index in [2.05, 4.69) is 6.92 Å². The largest absolute Gasteiger partial charge is 0.462 e. The standard InChI is InChI=1S/C35H48N2O5/c1-3-42-33(40)30-23-37(31(38)22-29(30)28-15-9-5-10-16-28)25-35(41)19-20-36(24-34(35)17-11-6-12-18-34)32(39)26(2)21-27-13-7-4-8-14-27/h5,9-10,15-16,22-23,26-27,41H,3-4,6-8,11-14,17-21,24-25H2,1-2H3/t26-,35?/m1/s1. The van der Waals surface area contributed by atoms with Gasteiger partial charge in [0.2, 0.25) is 5.91 Å². The molecule has 42 heavy (non-hydrogen) atoms. The van der Waals surface area contributed by atoms with Crippen molar-refractivity contribution in [3.05, 3.63) is 58.5 Å². The van der Waals surface area contributed by atoms with E-state index in [1.165, 1.54) is 42.7 Å². The molecule has 1 spiro atoms. The van der Waals surface area contributed by atoms with Crippen LogP contribution in [0, 0.1) is 17.3 Å². The van der Waals surface area contributed by atoms with Crippen LogP contribution in [0.5, 0.6) is 0 Å². The molecule has 1 saturated heterocycles. The minimum absolute atomic E-state index is 0.0137. The highest BCUT2D eigenvalue weighted by atomic mass is 16.5. The molecule has 3 fully saturated rings. The summed E-state index contributed by atoms with van der Waals surface area (Å²) in [6, 6.07) is 10.9. The molecule has 2 aliphatic carbocycles. The number of amides is 1. The highest BCUT2D eigenvalue weighted by Crippen LogP contribution is 2.50. The maximum atomic E-state index is 13.7. The maximum Gasteiger partial charge on any atom is 0.340 e. The molecule has 1 unspecified atom stereocenters. The molecule has 228 valence electrons. The number of carbonyl (C=O) groups excluding carboxylic acids is 2. The molecule has 5 rings (SSSR count). The number of ether oxygens (including phenoxy) is 1. The molecule has 1 aromatic carbocycles. The van der Waals surface area contributed by atoms with Crippen LogP contribution in [0.15, 0.2) is 47.4 Å². The molecule has 2 heterocycles. The van der Waals surface area contributed by atoms with E-state index < -0.39 is 17.0 Å². The number of nitrogens with zero attached hydrogens (tertiary/aromatic N) is 2. The first kappa shape index (κ1) is 30.5. The number of benzene rings is 1. The predicted octanol–water partition coefficient (Wildman–Crippen LogP) is 6.21. The molecular formula is C35H48N2O5. The Morgan fingerprint density at radius 2 is 1.71 bits per heavy atom. The zero-order valence-corrected chi connectivity index (χ0v) is 25.5. The van der Waals surface area contributed by atoms with Gasteiger partial charge in [-0.2, -0.15) is 0 Å². The summed E-state index contributed by atoms with van der Waals surface area (Å²) in [5, 5.41) is 12.4. The normalized spacial score (nSPS) is 23.5. The molecule has 2 aromatic rings. The van der Waals surface area contributed by atoms with Crippen molar-refractivity contribution in [2.75, 3.05) is 19.7 Å². The second-order valence-corrected chi connectivity index (χ2v) is 13.2. The lowest BCUT2D eigenvalue weighted by Gasteiger charge is -2.56. The van der Waals surface area contributed by atoms with E-state index in [1.807, 2.05) is 35.2 Å². The SMILES string of the molecule is CCOC(=O)c1cn(CC2(O)CCN(C(=O)[C@H](C)CC3CCCCC3)CC23CCCCC3)c(=O)cc1-c1ccccc1.